The van der Waals surface area contributed by atoms with E-state index in [0.717, 1.165) is 22.6 Å². The van der Waals surface area contributed by atoms with Gasteiger partial charge in [-0.3, -0.25) is 4.79 Å². The Kier molecular flexibility index (Phi) is 4.48. The summed E-state index contributed by atoms with van der Waals surface area (Å²) >= 11 is 1.33. The Labute approximate surface area is 139 Å². The van der Waals surface area contributed by atoms with Crippen molar-refractivity contribution in [1.82, 2.24) is 5.32 Å². The molecule has 1 heterocycles. The molecular formula is C18H16N2O2S. The normalized spacial score (nSPS) is 17.6. The number of amidine groups is 1. The first-order valence-electron chi connectivity index (χ1n) is 7.15. The van der Waals surface area contributed by atoms with Gasteiger partial charge in [0.05, 0.1) is 17.7 Å². The first-order chi connectivity index (χ1) is 11.2. The maximum atomic E-state index is 12.1. The van der Waals surface area contributed by atoms with E-state index in [1.165, 1.54) is 11.8 Å². The van der Waals surface area contributed by atoms with E-state index in [-0.39, 0.29) is 5.91 Å². The van der Waals surface area contributed by atoms with Crippen molar-refractivity contribution in [2.75, 3.05) is 7.11 Å². The number of thioether (sulfide) groups is 1. The number of benzene rings is 2. The van der Waals surface area contributed by atoms with Gasteiger partial charge in [-0.15, -0.1) is 0 Å². The fraction of sp³-hybridized carbons (Fsp3) is 0.111. The van der Waals surface area contributed by atoms with Crippen LogP contribution >= 0.6 is 11.8 Å². The summed E-state index contributed by atoms with van der Waals surface area (Å²) in [5.74, 6) is 0.588. The van der Waals surface area contributed by atoms with E-state index >= 15 is 0 Å². The third-order valence-electron chi connectivity index (χ3n) is 3.31. The quantitative estimate of drug-likeness (QED) is 0.871. The summed E-state index contributed by atoms with van der Waals surface area (Å²) in [5, 5.41) is 3.38. The number of hydrogen-bond acceptors (Lipinski definition) is 4. The summed E-state index contributed by atoms with van der Waals surface area (Å²) in [6, 6.07) is 15.4. The van der Waals surface area contributed by atoms with Crippen molar-refractivity contribution in [3.8, 4) is 5.75 Å². The maximum absolute atomic E-state index is 12.1. The SMILES string of the molecule is COc1ccccc1/C=C1/SC(=Nc2cccc(C)c2)NC1=O. The van der Waals surface area contributed by atoms with Crippen LogP contribution in [0.3, 0.4) is 0 Å². The molecule has 1 fully saturated rings. The number of ether oxygens (including phenoxy) is 1. The second-order valence-corrected chi connectivity index (χ2v) is 6.09. The van der Waals surface area contributed by atoms with Crippen LogP contribution in [0.25, 0.3) is 6.08 Å². The minimum atomic E-state index is -0.146. The second kappa shape index (κ2) is 6.71. The molecule has 0 aliphatic carbocycles. The van der Waals surface area contributed by atoms with Crippen molar-refractivity contribution in [3.63, 3.8) is 0 Å². The highest BCUT2D eigenvalue weighted by atomic mass is 32.2. The van der Waals surface area contributed by atoms with Crippen molar-refractivity contribution < 1.29 is 9.53 Å². The summed E-state index contributed by atoms with van der Waals surface area (Å²) < 4.78 is 5.31. The molecule has 0 bridgehead atoms. The third kappa shape index (κ3) is 3.63. The number of amides is 1. The molecule has 0 unspecified atom stereocenters. The molecule has 3 rings (SSSR count). The lowest BCUT2D eigenvalue weighted by atomic mass is 10.2. The van der Waals surface area contributed by atoms with Gasteiger partial charge in [0.15, 0.2) is 5.17 Å². The molecule has 1 aliphatic heterocycles. The number of aryl methyl sites for hydroxylation is 1. The Morgan fingerprint density at radius 1 is 1.17 bits per heavy atom. The number of nitrogens with zero attached hydrogens (tertiary/aromatic N) is 1. The van der Waals surface area contributed by atoms with Crippen molar-refractivity contribution in [3.05, 3.63) is 64.6 Å². The molecule has 0 atom stereocenters. The van der Waals surface area contributed by atoms with E-state index in [1.54, 1.807) is 7.11 Å². The molecule has 1 amide bonds. The van der Waals surface area contributed by atoms with Crippen LogP contribution in [0.15, 0.2) is 58.4 Å². The zero-order valence-electron chi connectivity index (χ0n) is 12.9. The van der Waals surface area contributed by atoms with Gasteiger partial charge in [-0.25, -0.2) is 4.99 Å². The van der Waals surface area contributed by atoms with Crippen LogP contribution in [0.1, 0.15) is 11.1 Å². The predicted molar refractivity (Wildman–Crippen MR) is 95.0 cm³/mol. The molecule has 1 aliphatic rings. The molecule has 0 aromatic heterocycles. The zero-order valence-corrected chi connectivity index (χ0v) is 13.7. The molecule has 4 nitrogen and oxygen atoms in total. The molecule has 0 radical (unpaired) electrons. The molecular weight excluding hydrogens is 308 g/mol. The number of nitrogens with one attached hydrogen (secondary N) is 1. The van der Waals surface area contributed by atoms with Gasteiger partial charge in [-0.1, -0.05) is 30.3 Å². The Morgan fingerprint density at radius 3 is 2.78 bits per heavy atom. The topological polar surface area (TPSA) is 50.7 Å². The van der Waals surface area contributed by atoms with Crippen molar-refractivity contribution in [2.45, 2.75) is 6.92 Å². The van der Waals surface area contributed by atoms with Crippen LogP contribution < -0.4 is 10.1 Å². The fourth-order valence-corrected chi connectivity index (χ4v) is 3.05. The van der Waals surface area contributed by atoms with Gasteiger partial charge in [0.1, 0.15) is 5.75 Å². The number of carbonyl (C=O) groups is 1. The average Bonchev–Trinajstić information content (AvgIpc) is 2.87. The van der Waals surface area contributed by atoms with Crippen LogP contribution in [0, 0.1) is 6.92 Å². The summed E-state index contributed by atoms with van der Waals surface area (Å²) in [4.78, 5) is 17.2. The number of methoxy groups -OCH3 is 1. The summed E-state index contributed by atoms with van der Waals surface area (Å²) in [5.41, 5.74) is 2.82. The van der Waals surface area contributed by atoms with Gasteiger partial charge in [0, 0.05) is 5.56 Å². The molecule has 23 heavy (non-hydrogen) atoms. The highest BCUT2D eigenvalue weighted by Crippen LogP contribution is 2.30. The smallest absolute Gasteiger partial charge is 0.264 e. The van der Waals surface area contributed by atoms with Crippen molar-refractivity contribution >= 4 is 34.6 Å². The number of carbonyl (C=O) groups excluding carboxylic acids is 1. The lowest BCUT2D eigenvalue weighted by molar-refractivity contribution is -0.115. The van der Waals surface area contributed by atoms with Crippen LogP contribution in [0.4, 0.5) is 5.69 Å². The molecule has 116 valence electrons. The van der Waals surface area contributed by atoms with E-state index < -0.39 is 0 Å². The number of aliphatic imine (C=N–C) groups is 1. The van der Waals surface area contributed by atoms with Gasteiger partial charge < -0.3 is 10.1 Å². The first kappa shape index (κ1) is 15.4. The van der Waals surface area contributed by atoms with E-state index in [2.05, 4.69) is 10.3 Å². The van der Waals surface area contributed by atoms with Crippen LogP contribution in [-0.4, -0.2) is 18.2 Å². The molecule has 0 saturated carbocycles. The minimum absolute atomic E-state index is 0.146. The Morgan fingerprint density at radius 2 is 2.00 bits per heavy atom. The number of rotatable bonds is 3. The maximum Gasteiger partial charge on any atom is 0.264 e. The van der Waals surface area contributed by atoms with E-state index in [4.69, 9.17) is 4.74 Å². The minimum Gasteiger partial charge on any atom is -0.496 e. The lowest BCUT2D eigenvalue weighted by Crippen LogP contribution is -2.19. The van der Waals surface area contributed by atoms with Gasteiger partial charge in [0.2, 0.25) is 0 Å². The third-order valence-corrected chi connectivity index (χ3v) is 4.22. The highest BCUT2D eigenvalue weighted by molar-refractivity contribution is 8.18. The molecule has 1 saturated heterocycles. The molecule has 1 N–H and O–H groups in total. The Bertz CT molecular complexity index is 812. The van der Waals surface area contributed by atoms with Crippen molar-refractivity contribution in [2.24, 2.45) is 4.99 Å². The van der Waals surface area contributed by atoms with Gasteiger partial charge in [0.25, 0.3) is 5.91 Å². The number of para-hydroxylation sites is 1. The average molecular weight is 324 g/mol. The summed E-state index contributed by atoms with van der Waals surface area (Å²) in [6.45, 7) is 2.01. The second-order valence-electron chi connectivity index (χ2n) is 5.06. The summed E-state index contributed by atoms with van der Waals surface area (Å²) in [7, 11) is 1.61. The van der Waals surface area contributed by atoms with E-state index in [1.807, 2.05) is 61.5 Å². The monoisotopic (exact) mass is 324 g/mol. The molecule has 2 aromatic carbocycles. The van der Waals surface area contributed by atoms with E-state index in [9.17, 15) is 4.79 Å². The summed E-state index contributed by atoms with van der Waals surface area (Å²) in [6.07, 6.45) is 1.82. The van der Waals surface area contributed by atoms with Gasteiger partial charge >= 0.3 is 0 Å². The Balaban J connectivity index is 1.86. The molecule has 0 spiro atoms. The fourth-order valence-electron chi connectivity index (χ4n) is 2.22. The Hall–Kier alpha value is -2.53. The van der Waals surface area contributed by atoms with Gasteiger partial charge in [-0.05, 0) is 48.5 Å². The van der Waals surface area contributed by atoms with Crippen molar-refractivity contribution in [1.29, 1.82) is 0 Å². The molecule has 2 aromatic rings. The van der Waals surface area contributed by atoms with Gasteiger partial charge in [-0.2, -0.15) is 0 Å². The first-order valence-corrected chi connectivity index (χ1v) is 7.96. The van der Waals surface area contributed by atoms with E-state index in [0.29, 0.717) is 10.1 Å². The molecule has 5 heteroatoms. The van der Waals surface area contributed by atoms with Crippen LogP contribution in [-0.2, 0) is 4.79 Å². The highest BCUT2D eigenvalue weighted by Gasteiger charge is 2.24. The van der Waals surface area contributed by atoms with Crippen LogP contribution in [0.2, 0.25) is 0 Å². The standard InChI is InChI=1S/C18H16N2O2S/c1-12-6-5-8-14(10-12)19-18-20-17(21)16(23-18)11-13-7-3-4-9-15(13)22-2/h3-11H,1-2H3,(H,19,20,21)/b16-11+. The predicted octanol–water partition coefficient (Wildman–Crippen LogP) is 3.90. The van der Waals surface area contributed by atoms with Crippen LogP contribution in [0.5, 0.6) is 5.75 Å². The number of hydrogen-bond donors (Lipinski definition) is 1. The largest absolute Gasteiger partial charge is 0.496 e. The lowest BCUT2D eigenvalue weighted by Gasteiger charge is -2.03. The zero-order chi connectivity index (χ0) is 16.2.